The van der Waals surface area contributed by atoms with Crippen molar-refractivity contribution in [3.05, 3.63) is 77.6 Å². The van der Waals surface area contributed by atoms with E-state index >= 15 is 0 Å². The van der Waals surface area contributed by atoms with Crippen LogP contribution in [-0.2, 0) is 51.9 Å². The van der Waals surface area contributed by atoms with E-state index in [1.54, 1.807) is 25.7 Å². The van der Waals surface area contributed by atoms with Gasteiger partial charge >= 0.3 is 5.97 Å². The second kappa shape index (κ2) is 24.6. The third-order valence-electron chi connectivity index (χ3n) is 14.4. The topological polar surface area (TPSA) is 191 Å². The molecule has 2 aliphatic rings. The zero-order valence-corrected chi connectivity index (χ0v) is 43.0. The van der Waals surface area contributed by atoms with Gasteiger partial charge in [0.25, 0.3) is 0 Å². The SMILES string of the molecule is CCCC(CC(=O)C1[C@H]2CCC[C@H]2CN1C(=O)[C@@H](NC(=O)[C@@H](CC(=O)CCCCc1nnnn1C(C)(C)c1ccccc1)C(C)C)C(C)C)C(O)C(=O)C[C@H](Cc1ccccc1)C(=O)OC(C)(C)C. The number of tetrazole rings is 1. The van der Waals surface area contributed by atoms with E-state index in [1.807, 2.05) is 100.0 Å². The van der Waals surface area contributed by atoms with Crippen molar-refractivity contribution in [2.75, 3.05) is 6.54 Å². The van der Waals surface area contributed by atoms with E-state index in [0.717, 1.165) is 36.2 Å². The van der Waals surface area contributed by atoms with Crippen LogP contribution < -0.4 is 5.32 Å². The summed E-state index contributed by atoms with van der Waals surface area (Å²) in [7, 11) is 0. The summed E-state index contributed by atoms with van der Waals surface area (Å²) in [5.41, 5.74) is 0.705. The third kappa shape index (κ3) is 14.7. The minimum Gasteiger partial charge on any atom is -0.460 e. The van der Waals surface area contributed by atoms with Crippen LogP contribution in [0.5, 0.6) is 0 Å². The van der Waals surface area contributed by atoms with Crippen LogP contribution in [-0.4, -0.2) is 95.7 Å². The quantitative estimate of drug-likeness (QED) is 0.0585. The lowest BCUT2D eigenvalue weighted by Gasteiger charge is -2.34. The molecule has 1 aliphatic carbocycles. The molecule has 2 N–H and O–H groups in total. The lowest BCUT2D eigenvalue weighted by molar-refractivity contribution is -0.161. The van der Waals surface area contributed by atoms with Crippen molar-refractivity contribution in [2.24, 2.45) is 41.4 Å². The molecule has 2 aromatic carbocycles. The number of ketones is 3. The summed E-state index contributed by atoms with van der Waals surface area (Å²) in [6.07, 6.45) is 4.25. The van der Waals surface area contributed by atoms with E-state index in [1.165, 1.54) is 0 Å². The number of carbonyl (C=O) groups is 6. The van der Waals surface area contributed by atoms with E-state index in [9.17, 15) is 33.9 Å². The number of aromatic nitrogens is 4. The first-order chi connectivity index (χ1) is 32.6. The summed E-state index contributed by atoms with van der Waals surface area (Å²) >= 11 is 0. The average Bonchev–Trinajstić information content (AvgIpc) is 4.05. The molecule has 1 aliphatic heterocycles. The van der Waals surface area contributed by atoms with Crippen molar-refractivity contribution in [1.82, 2.24) is 30.4 Å². The molecular formula is C55H80N6O8. The van der Waals surface area contributed by atoms with Crippen LogP contribution in [0.2, 0.25) is 0 Å². The number of hydrogen-bond acceptors (Lipinski definition) is 11. The molecule has 1 aromatic heterocycles. The molecule has 3 unspecified atom stereocenters. The van der Waals surface area contributed by atoms with Gasteiger partial charge in [0.15, 0.2) is 17.4 Å². The summed E-state index contributed by atoms with van der Waals surface area (Å²) in [6.45, 7) is 19.3. The smallest absolute Gasteiger partial charge is 0.310 e. The van der Waals surface area contributed by atoms with Crippen LogP contribution in [0, 0.1) is 41.4 Å². The summed E-state index contributed by atoms with van der Waals surface area (Å²) in [6, 6.07) is 17.7. The predicted octanol–water partition coefficient (Wildman–Crippen LogP) is 8.06. The Bertz CT molecular complexity index is 2180. The molecule has 378 valence electrons. The standard InChI is InChI=1S/C55H80N6O8/c1-11-21-38(50(65)46(64)32-40(53(68)69-54(6,7)8)30-37-22-14-12-15-23-37)31-45(63)49-43-28-20-24-39(43)34-60(49)52(67)48(36(4)5)56-51(66)44(35(2)3)33-42(62)27-18-19-29-47-57-58-59-61(47)55(9,10)41-25-16-13-17-26-41/h12-17,22-23,25-26,35-36,38-40,43-44,48-50,65H,11,18-21,24,27-34H2,1-10H3,(H,56,66)/t38?,39-,40-,43-,44-,48-,49?,50?/m0/s1. The lowest BCUT2D eigenvalue weighted by Crippen LogP contribution is -2.56. The fourth-order valence-corrected chi connectivity index (χ4v) is 10.5. The maximum absolute atomic E-state index is 14.7. The van der Waals surface area contributed by atoms with Gasteiger partial charge in [-0.15, -0.1) is 5.10 Å². The number of aryl methyl sites for hydroxylation is 1. The van der Waals surface area contributed by atoms with Gasteiger partial charge in [-0.25, -0.2) is 4.68 Å². The molecule has 2 amide bonds. The number of aliphatic hydroxyl groups is 1. The van der Waals surface area contributed by atoms with Gasteiger partial charge in [-0.1, -0.05) is 108 Å². The van der Waals surface area contributed by atoms with Crippen LogP contribution in [0.15, 0.2) is 60.7 Å². The normalized spacial score (nSPS) is 19.4. The predicted molar refractivity (Wildman–Crippen MR) is 264 cm³/mol. The molecule has 0 radical (unpaired) electrons. The fourth-order valence-electron chi connectivity index (χ4n) is 10.5. The lowest BCUT2D eigenvalue weighted by atomic mass is 9.82. The molecule has 3 aromatic rings. The number of aliphatic hydroxyl groups excluding tert-OH is 1. The Balaban J connectivity index is 1.22. The molecular weight excluding hydrogens is 873 g/mol. The highest BCUT2D eigenvalue weighted by atomic mass is 16.6. The van der Waals surface area contributed by atoms with E-state index in [4.69, 9.17) is 4.74 Å². The van der Waals surface area contributed by atoms with Crippen molar-refractivity contribution < 1.29 is 38.6 Å². The summed E-state index contributed by atoms with van der Waals surface area (Å²) in [5.74, 6) is -3.86. The second-order valence-corrected chi connectivity index (χ2v) is 22.0. The Kier molecular flexibility index (Phi) is 19.6. The molecule has 14 heteroatoms. The number of esters is 1. The maximum atomic E-state index is 14.7. The van der Waals surface area contributed by atoms with Crippen LogP contribution in [0.4, 0.5) is 0 Å². The van der Waals surface area contributed by atoms with Gasteiger partial charge in [-0.05, 0) is 124 Å². The van der Waals surface area contributed by atoms with Crippen LogP contribution in [0.25, 0.3) is 0 Å². The molecule has 2 fully saturated rings. The molecule has 1 saturated carbocycles. The molecule has 0 bridgehead atoms. The zero-order valence-electron chi connectivity index (χ0n) is 43.0. The minimum atomic E-state index is -1.49. The molecule has 5 rings (SSSR count). The summed E-state index contributed by atoms with van der Waals surface area (Å²) in [5, 5.41) is 27.2. The number of nitrogens with zero attached hydrogens (tertiary/aromatic N) is 5. The Morgan fingerprint density at radius 1 is 0.855 bits per heavy atom. The van der Waals surface area contributed by atoms with Gasteiger partial charge in [0, 0.05) is 44.6 Å². The van der Waals surface area contributed by atoms with Gasteiger partial charge < -0.3 is 20.1 Å². The largest absolute Gasteiger partial charge is 0.460 e. The van der Waals surface area contributed by atoms with Crippen molar-refractivity contribution >= 4 is 35.1 Å². The van der Waals surface area contributed by atoms with Gasteiger partial charge in [-0.2, -0.15) is 0 Å². The van der Waals surface area contributed by atoms with Crippen molar-refractivity contribution in [1.29, 1.82) is 0 Å². The van der Waals surface area contributed by atoms with E-state index in [2.05, 4.69) is 34.7 Å². The highest BCUT2D eigenvalue weighted by Crippen LogP contribution is 2.44. The fraction of sp³-hybridized carbons (Fsp3) is 0.655. The van der Waals surface area contributed by atoms with Gasteiger partial charge in [0.1, 0.15) is 23.5 Å². The van der Waals surface area contributed by atoms with Crippen LogP contribution >= 0.6 is 0 Å². The van der Waals surface area contributed by atoms with E-state index in [0.29, 0.717) is 45.1 Å². The minimum absolute atomic E-state index is 0.0302. The zero-order chi connectivity index (χ0) is 50.6. The number of amides is 2. The average molecular weight is 953 g/mol. The Morgan fingerprint density at radius 3 is 2.14 bits per heavy atom. The number of hydrogen-bond donors (Lipinski definition) is 2. The first-order valence-corrected chi connectivity index (χ1v) is 25.6. The first-order valence-electron chi connectivity index (χ1n) is 25.6. The number of carbonyl (C=O) groups excluding carboxylic acids is 6. The number of nitrogens with one attached hydrogen (secondary N) is 1. The maximum Gasteiger partial charge on any atom is 0.310 e. The molecule has 69 heavy (non-hydrogen) atoms. The number of ether oxygens (including phenoxy) is 1. The Morgan fingerprint density at radius 2 is 1.52 bits per heavy atom. The van der Waals surface area contributed by atoms with Gasteiger partial charge in [0.2, 0.25) is 11.8 Å². The third-order valence-corrected chi connectivity index (χ3v) is 14.4. The molecule has 0 spiro atoms. The van der Waals surface area contributed by atoms with E-state index in [-0.39, 0.29) is 72.7 Å². The number of rotatable bonds is 26. The number of Topliss-reactive ketones (excluding diaryl/α,β-unsaturated/α-hetero) is 3. The molecule has 14 nitrogen and oxygen atoms in total. The van der Waals surface area contributed by atoms with Crippen molar-refractivity contribution in [3.63, 3.8) is 0 Å². The van der Waals surface area contributed by atoms with Crippen molar-refractivity contribution in [3.8, 4) is 0 Å². The number of unbranched alkanes of at least 4 members (excludes halogenated alkanes) is 1. The monoisotopic (exact) mass is 953 g/mol. The first kappa shape index (κ1) is 54.8. The highest BCUT2D eigenvalue weighted by Gasteiger charge is 2.51. The molecule has 8 atom stereocenters. The number of benzene rings is 2. The Labute approximate surface area is 410 Å². The second-order valence-electron chi connectivity index (χ2n) is 22.0. The van der Waals surface area contributed by atoms with E-state index < -0.39 is 58.8 Å². The molecule has 2 heterocycles. The number of fused-ring (bicyclic) bond motifs is 1. The summed E-state index contributed by atoms with van der Waals surface area (Å²) < 4.78 is 7.54. The van der Waals surface area contributed by atoms with Crippen molar-refractivity contribution in [2.45, 2.75) is 182 Å². The van der Waals surface area contributed by atoms with Gasteiger partial charge in [-0.3, -0.25) is 28.8 Å². The van der Waals surface area contributed by atoms with Crippen LogP contribution in [0.1, 0.15) is 157 Å². The van der Waals surface area contributed by atoms with Gasteiger partial charge in [0.05, 0.1) is 17.5 Å². The molecule has 1 saturated heterocycles. The highest BCUT2D eigenvalue weighted by molar-refractivity contribution is 5.95. The number of likely N-dealkylation sites (tertiary alicyclic amines) is 1. The van der Waals surface area contributed by atoms with Crippen LogP contribution in [0.3, 0.4) is 0 Å². The summed E-state index contributed by atoms with van der Waals surface area (Å²) in [4.78, 5) is 86.0. The Hall–Kier alpha value is -5.11.